The summed E-state index contributed by atoms with van der Waals surface area (Å²) in [5.74, 6) is 0.308. The summed E-state index contributed by atoms with van der Waals surface area (Å²) in [4.78, 5) is 18.0. The summed E-state index contributed by atoms with van der Waals surface area (Å²) in [6.45, 7) is 2.65. The average molecular weight is 437 g/mol. The number of anilines is 1. The van der Waals surface area contributed by atoms with E-state index in [2.05, 4.69) is 9.72 Å². The number of piperidine rings is 1. The van der Waals surface area contributed by atoms with Gasteiger partial charge in [-0.1, -0.05) is 36.4 Å². The number of nitrogens with zero attached hydrogens (tertiary/aromatic N) is 3. The zero-order valence-electron chi connectivity index (χ0n) is 17.5. The maximum atomic E-state index is 13.3. The summed E-state index contributed by atoms with van der Waals surface area (Å²) in [7, 11) is -3.32. The Morgan fingerprint density at radius 3 is 2.58 bits per heavy atom. The quantitative estimate of drug-likeness (QED) is 0.532. The average Bonchev–Trinajstić information content (AvgIpc) is 3.08. The van der Waals surface area contributed by atoms with E-state index in [-0.39, 0.29) is 18.4 Å². The standard InChI is InChI=1S/C23H24N4O3S/c1-15-24-19-11-5-3-9-17(19)22-21(18-10-4-6-12-20(18)27(15)22)25-23(28)16-8-7-13-26(14-16)31(2,29)30/h3-6,9-12,16H,7-8,13-14H2,1-2H3,(H,25,28). The van der Waals surface area contributed by atoms with E-state index >= 15 is 0 Å². The van der Waals surface area contributed by atoms with Crippen LogP contribution in [0.15, 0.2) is 48.5 Å². The highest BCUT2D eigenvalue weighted by atomic mass is 32.2. The van der Waals surface area contributed by atoms with E-state index in [1.807, 2.05) is 55.5 Å². The van der Waals surface area contributed by atoms with E-state index < -0.39 is 10.0 Å². The van der Waals surface area contributed by atoms with Gasteiger partial charge < -0.3 is 5.32 Å². The van der Waals surface area contributed by atoms with Crippen molar-refractivity contribution in [3.8, 4) is 0 Å². The molecule has 8 heteroatoms. The molecule has 160 valence electrons. The number of fused-ring (bicyclic) bond motifs is 5. The van der Waals surface area contributed by atoms with E-state index in [0.29, 0.717) is 19.4 Å². The lowest BCUT2D eigenvalue weighted by Gasteiger charge is -2.30. The second-order valence-corrected chi connectivity index (χ2v) is 10.2. The molecule has 1 saturated heterocycles. The Hall–Kier alpha value is -2.97. The molecule has 5 rings (SSSR count). The van der Waals surface area contributed by atoms with Crippen LogP contribution in [-0.4, -0.2) is 47.4 Å². The molecule has 0 radical (unpaired) electrons. The van der Waals surface area contributed by atoms with Crippen LogP contribution in [0.4, 0.5) is 5.69 Å². The minimum atomic E-state index is -3.32. The Morgan fingerprint density at radius 2 is 1.81 bits per heavy atom. The lowest BCUT2D eigenvalue weighted by molar-refractivity contribution is -0.120. The topological polar surface area (TPSA) is 83.8 Å². The third-order valence-corrected chi connectivity index (χ3v) is 7.38. The number of hydrogen-bond acceptors (Lipinski definition) is 4. The number of hydrogen-bond donors (Lipinski definition) is 1. The minimum absolute atomic E-state index is 0.148. The molecule has 1 aliphatic rings. The van der Waals surface area contributed by atoms with Crippen LogP contribution < -0.4 is 5.32 Å². The number of rotatable bonds is 3. The van der Waals surface area contributed by atoms with Gasteiger partial charge in [0.05, 0.1) is 34.4 Å². The molecule has 31 heavy (non-hydrogen) atoms. The molecule has 0 aliphatic carbocycles. The van der Waals surface area contributed by atoms with Crippen molar-refractivity contribution >= 4 is 48.9 Å². The molecule has 1 aliphatic heterocycles. The van der Waals surface area contributed by atoms with Gasteiger partial charge in [-0.15, -0.1) is 0 Å². The molecule has 1 unspecified atom stereocenters. The molecular formula is C23H24N4O3S. The van der Waals surface area contributed by atoms with Crippen molar-refractivity contribution < 1.29 is 13.2 Å². The third-order valence-electron chi connectivity index (χ3n) is 6.11. The molecule has 1 atom stereocenters. The molecule has 0 bridgehead atoms. The van der Waals surface area contributed by atoms with E-state index in [4.69, 9.17) is 4.98 Å². The summed E-state index contributed by atoms with van der Waals surface area (Å²) in [6, 6.07) is 15.8. The number of carbonyl (C=O) groups is 1. The van der Waals surface area contributed by atoms with Crippen LogP contribution in [-0.2, 0) is 14.8 Å². The number of aromatic nitrogens is 2. The predicted molar refractivity (Wildman–Crippen MR) is 123 cm³/mol. The van der Waals surface area contributed by atoms with Gasteiger partial charge in [0.15, 0.2) is 0 Å². The first kappa shape index (κ1) is 20.0. The number of nitrogens with one attached hydrogen (secondary N) is 1. The summed E-state index contributed by atoms with van der Waals surface area (Å²) in [6.07, 6.45) is 2.54. The predicted octanol–water partition coefficient (Wildman–Crippen LogP) is 3.56. The number of sulfonamides is 1. The highest BCUT2D eigenvalue weighted by molar-refractivity contribution is 7.88. The second-order valence-electron chi connectivity index (χ2n) is 8.20. The molecule has 1 amide bonds. The van der Waals surface area contributed by atoms with Crippen molar-refractivity contribution in [3.05, 3.63) is 54.4 Å². The second kappa shape index (κ2) is 7.32. The summed E-state index contributed by atoms with van der Waals surface area (Å²) in [5, 5.41) is 5.06. The van der Waals surface area contributed by atoms with Gasteiger partial charge in [-0.3, -0.25) is 9.20 Å². The van der Waals surface area contributed by atoms with Crippen LogP contribution in [0.3, 0.4) is 0 Å². The van der Waals surface area contributed by atoms with Crippen LogP contribution in [0.5, 0.6) is 0 Å². The summed E-state index contributed by atoms with van der Waals surface area (Å²) >= 11 is 0. The van der Waals surface area contributed by atoms with Crippen molar-refractivity contribution in [2.45, 2.75) is 19.8 Å². The van der Waals surface area contributed by atoms with Crippen LogP contribution in [0.2, 0.25) is 0 Å². The Bertz CT molecular complexity index is 1440. The fourth-order valence-corrected chi connectivity index (χ4v) is 5.55. The first-order valence-electron chi connectivity index (χ1n) is 10.4. The van der Waals surface area contributed by atoms with E-state index in [1.165, 1.54) is 10.6 Å². The third kappa shape index (κ3) is 3.36. The zero-order valence-corrected chi connectivity index (χ0v) is 18.3. The van der Waals surface area contributed by atoms with Gasteiger partial charge in [0.2, 0.25) is 15.9 Å². The number of benzene rings is 2. The lowest BCUT2D eigenvalue weighted by atomic mass is 9.98. The maximum absolute atomic E-state index is 13.3. The van der Waals surface area contributed by atoms with Gasteiger partial charge in [-0.05, 0) is 31.9 Å². The Morgan fingerprint density at radius 1 is 1.10 bits per heavy atom. The molecule has 2 aromatic carbocycles. The van der Waals surface area contributed by atoms with E-state index in [1.54, 1.807) is 0 Å². The molecule has 1 fully saturated rings. The smallest absolute Gasteiger partial charge is 0.228 e. The highest BCUT2D eigenvalue weighted by Crippen LogP contribution is 2.37. The van der Waals surface area contributed by atoms with Crippen molar-refractivity contribution in [1.82, 2.24) is 13.7 Å². The van der Waals surface area contributed by atoms with Gasteiger partial charge in [0, 0.05) is 23.9 Å². The Balaban J connectivity index is 1.65. The Labute approximate surface area is 180 Å². The largest absolute Gasteiger partial charge is 0.323 e. The number of amides is 1. The summed E-state index contributed by atoms with van der Waals surface area (Å²) in [5.41, 5.74) is 3.50. The van der Waals surface area contributed by atoms with Crippen molar-refractivity contribution in [2.75, 3.05) is 24.7 Å². The first-order valence-corrected chi connectivity index (χ1v) is 12.2. The SMILES string of the molecule is Cc1nc2ccccc2c2c(NC(=O)C3CCCN(S(C)(=O)=O)C3)c3ccccc3n12. The normalized spacial score (nSPS) is 18.1. The van der Waals surface area contributed by atoms with Gasteiger partial charge >= 0.3 is 0 Å². The van der Waals surface area contributed by atoms with Crippen LogP contribution in [0.1, 0.15) is 18.7 Å². The zero-order chi connectivity index (χ0) is 21.8. The first-order chi connectivity index (χ1) is 14.8. The van der Waals surface area contributed by atoms with Gasteiger partial charge in [0.1, 0.15) is 5.82 Å². The number of para-hydroxylation sites is 2. The molecule has 0 spiro atoms. The van der Waals surface area contributed by atoms with Crippen LogP contribution in [0, 0.1) is 12.8 Å². The van der Waals surface area contributed by atoms with Gasteiger partial charge in [-0.2, -0.15) is 0 Å². The minimum Gasteiger partial charge on any atom is -0.323 e. The molecule has 7 nitrogen and oxygen atoms in total. The van der Waals surface area contributed by atoms with Crippen molar-refractivity contribution in [2.24, 2.45) is 5.92 Å². The fourth-order valence-electron chi connectivity index (χ4n) is 4.64. The molecule has 0 saturated carbocycles. The van der Waals surface area contributed by atoms with Crippen LogP contribution >= 0.6 is 0 Å². The molecule has 1 N–H and O–H groups in total. The molecular weight excluding hydrogens is 412 g/mol. The molecule has 2 aromatic heterocycles. The lowest BCUT2D eigenvalue weighted by Crippen LogP contribution is -2.43. The van der Waals surface area contributed by atoms with E-state index in [0.717, 1.165) is 38.8 Å². The van der Waals surface area contributed by atoms with E-state index in [9.17, 15) is 13.2 Å². The highest BCUT2D eigenvalue weighted by Gasteiger charge is 2.31. The number of aryl methyl sites for hydroxylation is 1. The molecule has 4 aromatic rings. The Kier molecular flexibility index (Phi) is 4.71. The monoisotopic (exact) mass is 436 g/mol. The van der Waals surface area contributed by atoms with Crippen molar-refractivity contribution in [3.63, 3.8) is 0 Å². The fraction of sp³-hybridized carbons (Fsp3) is 0.304. The number of carbonyl (C=O) groups excluding carboxylic acids is 1. The van der Waals surface area contributed by atoms with Gasteiger partial charge in [0.25, 0.3) is 0 Å². The van der Waals surface area contributed by atoms with Crippen LogP contribution in [0.25, 0.3) is 27.3 Å². The maximum Gasteiger partial charge on any atom is 0.228 e. The summed E-state index contributed by atoms with van der Waals surface area (Å²) < 4.78 is 27.5. The molecule has 3 heterocycles. The van der Waals surface area contributed by atoms with Crippen molar-refractivity contribution in [1.29, 1.82) is 0 Å². The van der Waals surface area contributed by atoms with Gasteiger partial charge in [-0.25, -0.2) is 17.7 Å².